The average Bonchev–Trinajstić information content (AvgIpc) is 3.38. The van der Waals surface area contributed by atoms with Crippen LogP contribution in [-0.4, -0.2) is 25.4 Å². The van der Waals surface area contributed by atoms with Crippen LogP contribution in [0.3, 0.4) is 0 Å². The highest BCUT2D eigenvalue weighted by Gasteiger charge is 2.24. The zero-order valence-corrected chi connectivity index (χ0v) is 16.0. The minimum atomic E-state index is 0.413. The Morgan fingerprint density at radius 1 is 0.739 bits per heavy atom. The minimum absolute atomic E-state index is 0.413. The molecule has 1 fully saturated rings. The van der Waals surface area contributed by atoms with Gasteiger partial charge in [-0.3, -0.25) is 0 Å². The van der Waals surface area contributed by atoms with Crippen LogP contribution in [0, 0.1) is 0 Å². The van der Waals surface area contributed by atoms with Crippen molar-refractivity contribution in [2.75, 3.05) is 13.2 Å². The molecule has 0 bridgehead atoms. The van der Waals surface area contributed by atoms with Gasteiger partial charge >= 0.3 is 0 Å². The minimum Gasteiger partial charge on any atom is -0.375 e. The Bertz CT molecular complexity index is 238. The Morgan fingerprint density at radius 3 is 1.61 bits per heavy atom. The molecule has 0 unspecified atom stereocenters. The van der Waals surface area contributed by atoms with Gasteiger partial charge in [-0.2, -0.15) is 0 Å². The summed E-state index contributed by atoms with van der Waals surface area (Å²) in [6.45, 7) is 6.32. The smallest absolute Gasteiger partial charge is 0.104 e. The second kappa shape index (κ2) is 15.4. The van der Waals surface area contributed by atoms with Crippen molar-refractivity contribution in [2.24, 2.45) is 0 Å². The monoisotopic (exact) mass is 326 g/mol. The van der Waals surface area contributed by atoms with E-state index in [0.717, 1.165) is 13.2 Å². The molecule has 0 amide bonds. The summed E-state index contributed by atoms with van der Waals surface area (Å²) >= 11 is 0. The molecule has 0 radical (unpaired) electrons. The number of hydrogen-bond acceptors (Lipinski definition) is 2. The van der Waals surface area contributed by atoms with Crippen molar-refractivity contribution in [1.82, 2.24) is 0 Å². The maximum absolute atomic E-state index is 6.11. The summed E-state index contributed by atoms with van der Waals surface area (Å²) in [7, 11) is 0. The molecule has 0 aromatic heterocycles. The van der Waals surface area contributed by atoms with Crippen LogP contribution in [0.25, 0.3) is 0 Å². The fraction of sp³-hybridized carbons (Fsp3) is 1.00. The number of rotatable bonds is 18. The van der Waals surface area contributed by atoms with Gasteiger partial charge in [0.2, 0.25) is 0 Å². The molecule has 23 heavy (non-hydrogen) atoms. The number of ether oxygens (including phenoxy) is 2. The van der Waals surface area contributed by atoms with Crippen molar-refractivity contribution in [1.29, 1.82) is 0 Å². The lowest BCUT2D eigenvalue weighted by Gasteiger charge is -2.17. The molecule has 2 nitrogen and oxygen atoms in total. The molecule has 1 aliphatic rings. The quantitative estimate of drug-likeness (QED) is 0.207. The number of unbranched alkanes of at least 4 members (excludes halogenated alkanes) is 11. The molecule has 0 aliphatic carbocycles. The highest BCUT2D eigenvalue weighted by atomic mass is 16.6. The molecular weight excluding hydrogens is 284 g/mol. The fourth-order valence-electron chi connectivity index (χ4n) is 3.20. The zero-order chi connectivity index (χ0) is 16.6. The topological polar surface area (TPSA) is 21.8 Å². The van der Waals surface area contributed by atoms with Crippen LogP contribution in [0.15, 0.2) is 0 Å². The summed E-state index contributed by atoms with van der Waals surface area (Å²) in [6.07, 6.45) is 21.5. The average molecular weight is 327 g/mol. The third-order valence-electron chi connectivity index (χ3n) is 4.93. The van der Waals surface area contributed by atoms with Crippen molar-refractivity contribution < 1.29 is 9.47 Å². The molecular formula is C21H42O2. The number of epoxide rings is 1. The maximum atomic E-state index is 6.11. The SMILES string of the molecule is CCCCCCCCC[C@H](CCCCCCCC)OC[C@H]1CO1. The summed E-state index contributed by atoms with van der Waals surface area (Å²) in [5.74, 6) is 0. The Morgan fingerprint density at radius 2 is 1.17 bits per heavy atom. The van der Waals surface area contributed by atoms with Crippen molar-refractivity contribution in [3.8, 4) is 0 Å². The van der Waals surface area contributed by atoms with Gasteiger partial charge in [0.25, 0.3) is 0 Å². The first kappa shape index (κ1) is 21.0. The highest BCUT2D eigenvalue weighted by molar-refractivity contribution is 4.69. The molecule has 2 heteroatoms. The summed E-state index contributed by atoms with van der Waals surface area (Å²) in [4.78, 5) is 0. The van der Waals surface area contributed by atoms with E-state index in [1.165, 1.54) is 96.3 Å². The van der Waals surface area contributed by atoms with E-state index in [1.54, 1.807) is 0 Å². The molecule has 1 saturated heterocycles. The molecule has 0 N–H and O–H groups in total. The predicted molar refractivity (Wildman–Crippen MR) is 100 cm³/mol. The molecule has 0 aromatic carbocycles. The van der Waals surface area contributed by atoms with Crippen molar-refractivity contribution in [3.63, 3.8) is 0 Å². The summed E-state index contributed by atoms with van der Waals surface area (Å²) in [5, 5.41) is 0. The van der Waals surface area contributed by atoms with E-state index in [9.17, 15) is 0 Å². The van der Waals surface area contributed by atoms with E-state index in [2.05, 4.69) is 13.8 Å². The van der Waals surface area contributed by atoms with Crippen LogP contribution < -0.4 is 0 Å². The standard InChI is InChI=1S/C21H42O2/c1-3-5-7-9-11-13-15-17-20(22-18-21-19-23-21)16-14-12-10-8-6-4-2/h20-21H,3-19H2,1-2H3/t20-,21-/m0/s1. The van der Waals surface area contributed by atoms with Gasteiger partial charge in [-0.1, -0.05) is 97.3 Å². The first-order valence-electron chi connectivity index (χ1n) is 10.6. The van der Waals surface area contributed by atoms with E-state index >= 15 is 0 Å². The molecule has 2 atom stereocenters. The van der Waals surface area contributed by atoms with E-state index in [-0.39, 0.29) is 0 Å². The van der Waals surface area contributed by atoms with Crippen molar-refractivity contribution in [3.05, 3.63) is 0 Å². The molecule has 1 aliphatic heterocycles. The normalized spacial score (nSPS) is 18.3. The van der Waals surface area contributed by atoms with E-state index in [4.69, 9.17) is 9.47 Å². The largest absolute Gasteiger partial charge is 0.375 e. The van der Waals surface area contributed by atoms with Gasteiger partial charge < -0.3 is 9.47 Å². The molecule has 138 valence electrons. The van der Waals surface area contributed by atoms with Crippen LogP contribution in [0.1, 0.15) is 110 Å². The summed E-state index contributed by atoms with van der Waals surface area (Å²) in [6, 6.07) is 0. The third kappa shape index (κ3) is 14.0. The van der Waals surface area contributed by atoms with Gasteiger partial charge in [0, 0.05) is 0 Å². The lowest BCUT2D eigenvalue weighted by Crippen LogP contribution is -2.16. The molecule has 0 saturated carbocycles. The second-order valence-electron chi connectivity index (χ2n) is 7.38. The van der Waals surface area contributed by atoms with E-state index in [1.807, 2.05) is 0 Å². The first-order chi connectivity index (χ1) is 11.4. The first-order valence-corrected chi connectivity index (χ1v) is 10.6. The lowest BCUT2D eigenvalue weighted by molar-refractivity contribution is 0.0288. The van der Waals surface area contributed by atoms with Crippen LogP contribution in [-0.2, 0) is 9.47 Å². The van der Waals surface area contributed by atoms with Crippen molar-refractivity contribution in [2.45, 2.75) is 122 Å². The Kier molecular flexibility index (Phi) is 14.1. The molecule has 1 rings (SSSR count). The second-order valence-corrected chi connectivity index (χ2v) is 7.38. The third-order valence-corrected chi connectivity index (χ3v) is 4.93. The van der Waals surface area contributed by atoms with E-state index in [0.29, 0.717) is 12.2 Å². The van der Waals surface area contributed by atoms with Crippen LogP contribution in [0.2, 0.25) is 0 Å². The summed E-state index contributed by atoms with van der Waals surface area (Å²) in [5.41, 5.74) is 0. The zero-order valence-electron chi connectivity index (χ0n) is 16.0. The summed E-state index contributed by atoms with van der Waals surface area (Å²) < 4.78 is 11.4. The number of hydrogen-bond donors (Lipinski definition) is 0. The van der Waals surface area contributed by atoms with Gasteiger partial charge in [-0.05, 0) is 12.8 Å². The Balaban J connectivity index is 2.00. The van der Waals surface area contributed by atoms with Crippen LogP contribution >= 0.6 is 0 Å². The van der Waals surface area contributed by atoms with Gasteiger partial charge in [0.1, 0.15) is 6.10 Å². The van der Waals surface area contributed by atoms with Crippen LogP contribution in [0.5, 0.6) is 0 Å². The molecule has 0 spiro atoms. The predicted octanol–water partition coefficient (Wildman–Crippen LogP) is 6.66. The van der Waals surface area contributed by atoms with E-state index < -0.39 is 0 Å². The Hall–Kier alpha value is -0.0800. The highest BCUT2D eigenvalue weighted by Crippen LogP contribution is 2.19. The van der Waals surface area contributed by atoms with Gasteiger partial charge in [0.15, 0.2) is 0 Å². The lowest BCUT2D eigenvalue weighted by atomic mass is 10.0. The Labute approximate surface area is 145 Å². The van der Waals surface area contributed by atoms with Crippen LogP contribution in [0.4, 0.5) is 0 Å². The molecule has 0 aromatic rings. The van der Waals surface area contributed by atoms with Gasteiger partial charge in [-0.15, -0.1) is 0 Å². The van der Waals surface area contributed by atoms with Crippen molar-refractivity contribution >= 4 is 0 Å². The van der Waals surface area contributed by atoms with Gasteiger partial charge in [-0.25, -0.2) is 0 Å². The maximum Gasteiger partial charge on any atom is 0.104 e. The molecule has 1 heterocycles. The van der Waals surface area contributed by atoms with Gasteiger partial charge in [0.05, 0.1) is 19.3 Å². The fourth-order valence-corrected chi connectivity index (χ4v) is 3.20.